The van der Waals surface area contributed by atoms with Gasteiger partial charge in [-0.25, -0.2) is 13.8 Å². The smallest absolute Gasteiger partial charge is 0.191 e. The third-order valence-corrected chi connectivity index (χ3v) is 3.83. The number of nitrogens with two attached hydrogens (primary N) is 2. The van der Waals surface area contributed by atoms with Gasteiger partial charge in [-0.05, 0) is 25.1 Å². The van der Waals surface area contributed by atoms with Crippen LogP contribution in [-0.2, 0) is 0 Å². The zero-order valence-electron chi connectivity index (χ0n) is 13.6. The van der Waals surface area contributed by atoms with Gasteiger partial charge in [0.1, 0.15) is 5.82 Å². The zero-order valence-corrected chi connectivity index (χ0v) is 13.6. The first-order valence-electron chi connectivity index (χ1n) is 7.52. The lowest BCUT2D eigenvalue weighted by Crippen LogP contribution is -2.22. The molecule has 0 aliphatic carbocycles. The molecule has 0 bridgehead atoms. The molecule has 0 spiro atoms. The molecular formula is C19H16F2N4. The van der Waals surface area contributed by atoms with Crippen molar-refractivity contribution in [3.8, 4) is 11.1 Å². The Bertz CT molecular complexity index is 1020. The monoisotopic (exact) mass is 338 g/mol. The third-order valence-electron chi connectivity index (χ3n) is 3.83. The number of aromatic nitrogens is 1. The summed E-state index contributed by atoms with van der Waals surface area (Å²) >= 11 is 0. The minimum absolute atomic E-state index is 0.132. The topological polar surface area (TPSA) is 77.3 Å². The second-order valence-corrected chi connectivity index (χ2v) is 5.58. The predicted octanol–water partition coefficient (Wildman–Crippen LogP) is 3.73. The Balaban J connectivity index is 2.34. The van der Waals surface area contributed by atoms with E-state index in [0.29, 0.717) is 22.2 Å². The number of pyridine rings is 1. The molecule has 0 radical (unpaired) electrons. The second-order valence-electron chi connectivity index (χ2n) is 5.58. The molecule has 0 saturated carbocycles. The highest BCUT2D eigenvalue weighted by Crippen LogP contribution is 2.34. The Morgan fingerprint density at radius 1 is 1.12 bits per heavy atom. The van der Waals surface area contributed by atoms with Gasteiger partial charge in [0.25, 0.3) is 0 Å². The summed E-state index contributed by atoms with van der Waals surface area (Å²) in [5, 5.41) is 0.456. The molecule has 0 aliphatic rings. The van der Waals surface area contributed by atoms with Gasteiger partial charge in [0.2, 0.25) is 0 Å². The Labute approximate surface area is 143 Å². The van der Waals surface area contributed by atoms with Crippen molar-refractivity contribution in [1.82, 2.24) is 4.98 Å². The largest absolute Gasteiger partial charge is 0.370 e. The highest BCUT2D eigenvalue weighted by atomic mass is 19.1. The summed E-state index contributed by atoms with van der Waals surface area (Å²) in [6, 6.07) is 11.1. The van der Waals surface area contributed by atoms with Crippen LogP contribution in [0.3, 0.4) is 0 Å². The van der Waals surface area contributed by atoms with Gasteiger partial charge in [-0.1, -0.05) is 30.8 Å². The van der Waals surface area contributed by atoms with Crippen molar-refractivity contribution >= 4 is 22.6 Å². The van der Waals surface area contributed by atoms with Crippen LogP contribution in [0.5, 0.6) is 0 Å². The normalized spacial score (nSPS) is 10.7. The Morgan fingerprint density at radius 2 is 1.84 bits per heavy atom. The molecular weight excluding hydrogens is 322 g/mol. The molecule has 1 heterocycles. The summed E-state index contributed by atoms with van der Waals surface area (Å²) in [6.45, 7) is 5.34. The number of hydrogen-bond acceptors (Lipinski definition) is 2. The van der Waals surface area contributed by atoms with Crippen LogP contribution in [0.2, 0.25) is 0 Å². The maximum Gasteiger partial charge on any atom is 0.191 e. The van der Waals surface area contributed by atoms with Gasteiger partial charge < -0.3 is 11.5 Å². The van der Waals surface area contributed by atoms with Gasteiger partial charge in [0.05, 0.1) is 16.9 Å². The molecule has 4 N–H and O–H groups in total. The first-order chi connectivity index (χ1) is 11.9. The minimum atomic E-state index is -0.567. The summed E-state index contributed by atoms with van der Waals surface area (Å²) in [6.07, 6.45) is 0. The zero-order chi connectivity index (χ0) is 18.1. The van der Waals surface area contributed by atoms with Crippen LogP contribution in [0.15, 0.2) is 54.0 Å². The number of guanidine groups is 1. The van der Waals surface area contributed by atoms with Gasteiger partial charge >= 0.3 is 0 Å². The molecule has 1 aromatic heterocycles. The number of halogens is 2. The van der Waals surface area contributed by atoms with E-state index < -0.39 is 11.6 Å². The van der Waals surface area contributed by atoms with Crippen molar-refractivity contribution in [1.29, 1.82) is 0 Å². The summed E-state index contributed by atoms with van der Waals surface area (Å²) in [4.78, 5) is 8.14. The van der Waals surface area contributed by atoms with Gasteiger partial charge in [0.15, 0.2) is 11.8 Å². The standard InChI is InChI=1S/C19H16F2N4/c1-10(25-19(22)23)12-7-8-16-14(9-12)17(18(21)11(2)24-16)13-5-3-4-6-15(13)20/h3-9H,1H2,2H3,(H4,22,23,25). The van der Waals surface area contributed by atoms with Crippen LogP contribution in [0.25, 0.3) is 27.7 Å². The molecule has 126 valence electrons. The fourth-order valence-electron chi connectivity index (χ4n) is 2.69. The maximum atomic E-state index is 14.8. The number of aliphatic imine (C=N–C) groups is 1. The molecule has 3 rings (SSSR count). The molecule has 25 heavy (non-hydrogen) atoms. The van der Waals surface area contributed by atoms with Gasteiger partial charge in [-0.2, -0.15) is 0 Å². The fraction of sp³-hybridized carbons (Fsp3) is 0.0526. The number of aryl methyl sites for hydroxylation is 1. The first-order valence-corrected chi connectivity index (χ1v) is 7.52. The molecule has 0 saturated heterocycles. The van der Waals surface area contributed by atoms with Crippen LogP contribution in [0.4, 0.5) is 8.78 Å². The van der Waals surface area contributed by atoms with E-state index in [-0.39, 0.29) is 22.8 Å². The highest BCUT2D eigenvalue weighted by Gasteiger charge is 2.18. The van der Waals surface area contributed by atoms with Gasteiger partial charge in [0, 0.05) is 22.1 Å². The Morgan fingerprint density at radius 3 is 2.52 bits per heavy atom. The van der Waals surface area contributed by atoms with E-state index in [4.69, 9.17) is 11.5 Å². The highest BCUT2D eigenvalue weighted by molar-refractivity contribution is 5.97. The second kappa shape index (κ2) is 6.32. The number of fused-ring (bicyclic) bond motifs is 1. The molecule has 6 heteroatoms. The van der Waals surface area contributed by atoms with E-state index in [0.717, 1.165) is 0 Å². The van der Waals surface area contributed by atoms with Crippen molar-refractivity contribution in [3.63, 3.8) is 0 Å². The van der Waals surface area contributed by atoms with Crippen molar-refractivity contribution in [2.45, 2.75) is 6.92 Å². The van der Waals surface area contributed by atoms with Crippen molar-refractivity contribution < 1.29 is 8.78 Å². The van der Waals surface area contributed by atoms with E-state index in [1.807, 2.05) is 0 Å². The molecule has 0 unspecified atom stereocenters. The predicted molar refractivity (Wildman–Crippen MR) is 96.7 cm³/mol. The number of benzene rings is 2. The molecule has 0 atom stereocenters. The molecule has 4 nitrogen and oxygen atoms in total. The molecule has 2 aromatic carbocycles. The molecule has 0 aliphatic heterocycles. The van der Waals surface area contributed by atoms with Crippen LogP contribution in [0.1, 0.15) is 11.3 Å². The van der Waals surface area contributed by atoms with Crippen molar-refractivity contribution in [2.75, 3.05) is 0 Å². The first kappa shape index (κ1) is 16.6. The third kappa shape index (κ3) is 3.06. The average molecular weight is 338 g/mol. The van der Waals surface area contributed by atoms with Crippen LogP contribution in [-0.4, -0.2) is 10.9 Å². The van der Waals surface area contributed by atoms with Crippen LogP contribution >= 0.6 is 0 Å². The Hall–Kier alpha value is -3.28. The molecule has 0 amide bonds. The van der Waals surface area contributed by atoms with E-state index >= 15 is 0 Å². The lowest BCUT2D eigenvalue weighted by Gasteiger charge is -2.12. The lowest BCUT2D eigenvalue weighted by molar-refractivity contribution is 0.607. The molecule has 0 fully saturated rings. The average Bonchev–Trinajstić information content (AvgIpc) is 2.56. The SMILES string of the molecule is C=C(N=C(N)N)c1ccc2nc(C)c(F)c(-c3ccccc3F)c2c1. The van der Waals surface area contributed by atoms with Crippen LogP contribution < -0.4 is 11.5 Å². The molecule has 3 aromatic rings. The van der Waals surface area contributed by atoms with Crippen molar-refractivity contribution in [2.24, 2.45) is 16.5 Å². The number of rotatable bonds is 3. The van der Waals surface area contributed by atoms with Gasteiger partial charge in [-0.15, -0.1) is 0 Å². The number of nitrogens with zero attached hydrogens (tertiary/aromatic N) is 2. The fourth-order valence-corrected chi connectivity index (χ4v) is 2.69. The van der Waals surface area contributed by atoms with E-state index in [9.17, 15) is 8.78 Å². The quantitative estimate of drug-likeness (QED) is 0.564. The van der Waals surface area contributed by atoms with Crippen LogP contribution in [0, 0.1) is 18.6 Å². The minimum Gasteiger partial charge on any atom is -0.370 e. The number of hydrogen-bond donors (Lipinski definition) is 2. The van der Waals surface area contributed by atoms with E-state index in [2.05, 4.69) is 16.6 Å². The maximum absolute atomic E-state index is 14.8. The van der Waals surface area contributed by atoms with Gasteiger partial charge in [-0.3, -0.25) is 4.98 Å². The summed E-state index contributed by atoms with van der Waals surface area (Å²) in [7, 11) is 0. The van der Waals surface area contributed by atoms with E-state index in [1.165, 1.54) is 12.1 Å². The van der Waals surface area contributed by atoms with E-state index in [1.54, 1.807) is 37.3 Å². The van der Waals surface area contributed by atoms with Crippen molar-refractivity contribution in [3.05, 3.63) is 71.9 Å². The summed E-state index contributed by atoms with van der Waals surface area (Å²) in [5.74, 6) is -1.21. The lowest BCUT2D eigenvalue weighted by atomic mass is 9.97. The summed E-state index contributed by atoms with van der Waals surface area (Å²) in [5.41, 5.74) is 12.7. The summed E-state index contributed by atoms with van der Waals surface area (Å²) < 4.78 is 29.1. The Kier molecular flexibility index (Phi) is 4.19.